The zero-order chi connectivity index (χ0) is 11.6. The lowest BCUT2D eigenvalue weighted by atomic mass is 10.1. The number of alkyl halides is 2. The van der Waals surface area contributed by atoms with Gasteiger partial charge in [-0.1, -0.05) is 0 Å². The number of halogens is 2. The van der Waals surface area contributed by atoms with E-state index in [4.69, 9.17) is 16.6 Å². The summed E-state index contributed by atoms with van der Waals surface area (Å²) in [5, 5.41) is 8.67. The molecule has 0 aliphatic heterocycles. The number of aromatic carboxylic acids is 1. The van der Waals surface area contributed by atoms with Gasteiger partial charge in [0.1, 0.15) is 11.4 Å². The average molecular weight is 217 g/mol. The minimum absolute atomic E-state index is 0.0795. The van der Waals surface area contributed by atoms with Crippen molar-refractivity contribution >= 4 is 11.8 Å². The molecule has 1 aromatic heterocycles. The Morgan fingerprint density at radius 1 is 1.60 bits per heavy atom. The summed E-state index contributed by atoms with van der Waals surface area (Å²) in [6.07, 6.45) is -2.92. The van der Waals surface area contributed by atoms with E-state index in [0.717, 1.165) is 6.07 Å². The van der Waals surface area contributed by atoms with Crippen molar-refractivity contribution in [3.63, 3.8) is 0 Å². The predicted octanol–water partition coefficient (Wildman–Crippen LogP) is 0.758. The number of aromatic nitrogens is 1. The summed E-state index contributed by atoms with van der Waals surface area (Å²) in [6.45, 7) is -0.0795. The minimum Gasteiger partial charge on any atom is -0.478 e. The molecule has 0 saturated carbocycles. The van der Waals surface area contributed by atoms with Crippen molar-refractivity contribution in [1.82, 2.24) is 4.98 Å². The van der Waals surface area contributed by atoms with E-state index >= 15 is 0 Å². The van der Waals surface area contributed by atoms with Gasteiger partial charge in [-0.2, -0.15) is 0 Å². The summed E-state index contributed by atoms with van der Waals surface area (Å²) in [5.41, 5.74) is 9.27. The first-order valence-electron chi connectivity index (χ1n) is 3.98. The van der Waals surface area contributed by atoms with Gasteiger partial charge in [-0.3, -0.25) is 0 Å². The zero-order valence-electron chi connectivity index (χ0n) is 7.58. The third-order valence-electron chi connectivity index (χ3n) is 1.79. The molecular formula is C8H9F2N3O2. The smallest absolute Gasteiger partial charge is 0.339 e. The van der Waals surface area contributed by atoms with Crippen molar-refractivity contribution in [2.45, 2.75) is 13.0 Å². The van der Waals surface area contributed by atoms with E-state index in [2.05, 4.69) is 4.98 Å². The third-order valence-corrected chi connectivity index (χ3v) is 1.79. The molecule has 0 amide bonds. The van der Waals surface area contributed by atoms with Gasteiger partial charge >= 0.3 is 5.97 Å². The van der Waals surface area contributed by atoms with Gasteiger partial charge in [0.15, 0.2) is 0 Å². The fraction of sp³-hybridized carbons (Fsp3) is 0.250. The van der Waals surface area contributed by atoms with Gasteiger partial charge in [-0.05, 0) is 6.07 Å². The molecule has 82 valence electrons. The zero-order valence-corrected chi connectivity index (χ0v) is 7.58. The molecule has 5 nitrogen and oxygen atoms in total. The minimum atomic E-state index is -2.92. The van der Waals surface area contributed by atoms with Crippen LogP contribution in [0.5, 0.6) is 0 Å². The maximum Gasteiger partial charge on any atom is 0.339 e. The molecule has 1 heterocycles. The van der Waals surface area contributed by atoms with E-state index < -0.39 is 29.3 Å². The molecule has 0 radical (unpaired) electrons. The molecule has 0 aliphatic rings. The van der Waals surface area contributed by atoms with Crippen molar-refractivity contribution < 1.29 is 18.7 Å². The Kier molecular flexibility index (Phi) is 3.15. The van der Waals surface area contributed by atoms with E-state index in [1.807, 2.05) is 0 Å². The molecule has 15 heavy (non-hydrogen) atoms. The van der Waals surface area contributed by atoms with Gasteiger partial charge in [0.25, 0.3) is 6.43 Å². The number of carboxylic acids is 1. The van der Waals surface area contributed by atoms with Crippen molar-refractivity contribution in [1.29, 1.82) is 0 Å². The fourth-order valence-electron chi connectivity index (χ4n) is 1.15. The second kappa shape index (κ2) is 4.18. The van der Waals surface area contributed by atoms with E-state index in [1.165, 1.54) is 0 Å². The number of rotatable bonds is 3. The highest BCUT2D eigenvalue weighted by atomic mass is 19.3. The Balaban J connectivity index is 3.42. The van der Waals surface area contributed by atoms with Gasteiger partial charge in [0, 0.05) is 12.1 Å². The summed E-state index contributed by atoms with van der Waals surface area (Å²) >= 11 is 0. The number of carbonyl (C=O) groups is 1. The molecule has 0 saturated heterocycles. The van der Waals surface area contributed by atoms with E-state index in [1.54, 1.807) is 0 Å². The molecule has 0 spiro atoms. The molecule has 1 rings (SSSR count). The molecule has 7 heteroatoms. The van der Waals surface area contributed by atoms with Crippen LogP contribution in [0.2, 0.25) is 0 Å². The lowest BCUT2D eigenvalue weighted by Gasteiger charge is -2.09. The Labute approximate surface area is 83.7 Å². The SMILES string of the molecule is NCc1cc(C(F)F)c(C(=O)O)c(N)n1. The van der Waals surface area contributed by atoms with E-state index in [0.29, 0.717) is 0 Å². The standard InChI is InChI=1S/C8H9F2N3O2/c9-6(10)4-1-3(2-11)13-7(12)5(4)8(14)15/h1,6H,2,11H2,(H2,12,13)(H,14,15). The van der Waals surface area contributed by atoms with E-state index in [9.17, 15) is 13.6 Å². The van der Waals surface area contributed by atoms with Gasteiger partial charge < -0.3 is 16.6 Å². The monoisotopic (exact) mass is 217 g/mol. The van der Waals surface area contributed by atoms with Crippen molar-refractivity contribution in [2.24, 2.45) is 5.73 Å². The lowest BCUT2D eigenvalue weighted by Crippen LogP contribution is -2.12. The fourth-order valence-corrected chi connectivity index (χ4v) is 1.15. The number of carboxylic acid groups (broad SMARTS) is 1. The Morgan fingerprint density at radius 3 is 2.60 bits per heavy atom. The third kappa shape index (κ3) is 2.18. The molecule has 0 bridgehead atoms. The molecular weight excluding hydrogens is 208 g/mol. The van der Waals surface area contributed by atoms with Crippen LogP contribution in [-0.4, -0.2) is 16.1 Å². The van der Waals surface area contributed by atoms with Crippen LogP contribution in [0.25, 0.3) is 0 Å². The number of nitrogens with two attached hydrogens (primary N) is 2. The number of pyridine rings is 1. The highest BCUT2D eigenvalue weighted by Crippen LogP contribution is 2.26. The second-order valence-electron chi connectivity index (χ2n) is 2.77. The molecule has 0 fully saturated rings. The van der Waals surface area contributed by atoms with E-state index in [-0.39, 0.29) is 12.2 Å². The quantitative estimate of drug-likeness (QED) is 0.693. The summed E-state index contributed by atoms with van der Waals surface area (Å²) in [6, 6.07) is 0.949. The maximum absolute atomic E-state index is 12.5. The van der Waals surface area contributed by atoms with Crippen LogP contribution < -0.4 is 11.5 Å². The summed E-state index contributed by atoms with van der Waals surface area (Å²) in [5.74, 6) is -1.97. The topological polar surface area (TPSA) is 102 Å². The number of hydrogen-bond acceptors (Lipinski definition) is 4. The maximum atomic E-state index is 12.5. The largest absolute Gasteiger partial charge is 0.478 e. The van der Waals surface area contributed by atoms with Crippen LogP contribution >= 0.6 is 0 Å². The van der Waals surface area contributed by atoms with Gasteiger partial charge in [0.2, 0.25) is 0 Å². The van der Waals surface area contributed by atoms with Crippen molar-refractivity contribution in [2.75, 3.05) is 5.73 Å². The first kappa shape index (κ1) is 11.3. The molecule has 0 atom stereocenters. The molecule has 0 aliphatic carbocycles. The highest BCUT2D eigenvalue weighted by molar-refractivity contribution is 5.94. The Morgan fingerprint density at radius 2 is 2.20 bits per heavy atom. The number of anilines is 1. The molecule has 5 N–H and O–H groups in total. The lowest BCUT2D eigenvalue weighted by molar-refractivity contribution is 0.0685. The number of nitrogen functional groups attached to an aromatic ring is 1. The van der Waals surface area contributed by atoms with Gasteiger partial charge in [-0.15, -0.1) is 0 Å². The number of hydrogen-bond donors (Lipinski definition) is 3. The highest BCUT2D eigenvalue weighted by Gasteiger charge is 2.22. The normalized spacial score (nSPS) is 10.7. The molecule has 1 aromatic rings. The second-order valence-corrected chi connectivity index (χ2v) is 2.77. The summed E-state index contributed by atoms with van der Waals surface area (Å²) in [7, 11) is 0. The van der Waals surface area contributed by atoms with Crippen LogP contribution in [-0.2, 0) is 6.54 Å². The first-order valence-corrected chi connectivity index (χ1v) is 3.98. The summed E-state index contributed by atoms with van der Waals surface area (Å²) < 4.78 is 25.0. The average Bonchev–Trinajstić information content (AvgIpc) is 2.15. The number of nitrogens with zero attached hydrogens (tertiary/aromatic N) is 1. The van der Waals surface area contributed by atoms with Crippen molar-refractivity contribution in [3.05, 3.63) is 22.9 Å². The van der Waals surface area contributed by atoms with Crippen LogP contribution in [0.1, 0.15) is 28.0 Å². The first-order chi connectivity index (χ1) is 6.97. The van der Waals surface area contributed by atoms with Crippen molar-refractivity contribution in [3.8, 4) is 0 Å². The Bertz CT molecular complexity index is 396. The van der Waals surface area contributed by atoms with Gasteiger partial charge in [0.05, 0.1) is 5.69 Å². The van der Waals surface area contributed by atoms with Crippen LogP contribution in [0, 0.1) is 0 Å². The summed E-state index contributed by atoms with van der Waals surface area (Å²) in [4.78, 5) is 14.3. The van der Waals surface area contributed by atoms with Crippen LogP contribution in [0.15, 0.2) is 6.07 Å². The predicted molar refractivity (Wildman–Crippen MR) is 48.5 cm³/mol. The Hall–Kier alpha value is -1.76. The van der Waals surface area contributed by atoms with Gasteiger partial charge in [-0.25, -0.2) is 18.6 Å². The van der Waals surface area contributed by atoms with Crippen LogP contribution in [0.4, 0.5) is 14.6 Å². The molecule has 0 unspecified atom stereocenters. The van der Waals surface area contributed by atoms with Crippen LogP contribution in [0.3, 0.4) is 0 Å². The molecule has 0 aromatic carbocycles.